The molecule has 1 amide bonds. The molecule has 2 aromatic rings. The molecule has 0 unspecified atom stereocenters. The van der Waals surface area contributed by atoms with Crippen LogP contribution in [0.3, 0.4) is 0 Å². The number of carbonyl (C=O) groups is 1. The Morgan fingerprint density at radius 2 is 1.88 bits per heavy atom. The van der Waals surface area contributed by atoms with Gasteiger partial charge in [0.2, 0.25) is 15.9 Å². The molecule has 0 spiro atoms. The van der Waals surface area contributed by atoms with Crippen LogP contribution in [0.4, 0.5) is 4.39 Å². The van der Waals surface area contributed by atoms with Crippen molar-refractivity contribution in [3.63, 3.8) is 0 Å². The van der Waals surface area contributed by atoms with Crippen LogP contribution in [0.25, 0.3) is 0 Å². The zero-order valence-electron chi connectivity index (χ0n) is 13.3. The second kappa shape index (κ2) is 7.59. The number of hydrogen-bond donors (Lipinski definition) is 2. The Bertz CT molecular complexity index is 771. The van der Waals surface area contributed by atoms with Crippen LogP contribution in [0.5, 0.6) is 0 Å². The van der Waals surface area contributed by atoms with Crippen LogP contribution in [0, 0.1) is 11.7 Å². The molecule has 2 rings (SSSR count). The van der Waals surface area contributed by atoms with E-state index in [0.717, 1.165) is 24.3 Å². The summed E-state index contributed by atoms with van der Waals surface area (Å²) in [5.41, 5.74) is 0. The van der Waals surface area contributed by atoms with Crippen LogP contribution in [0.2, 0.25) is 0 Å². The SMILES string of the molecule is CC(C)[C@@H](NS(=O)(=O)c1ccc(F)cc1)C(=O)NCc1ccco1. The van der Waals surface area contributed by atoms with Crippen molar-refractivity contribution in [2.24, 2.45) is 5.92 Å². The zero-order chi connectivity index (χ0) is 17.7. The molecule has 8 heteroatoms. The highest BCUT2D eigenvalue weighted by atomic mass is 32.2. The van der Waals surface area contributed by atoms with Crippen molar-refractivity contribution in [1.29, 1.82) is 0 Å². The van der Waals surface area contributed by atoms with E-state index in [2.05, 4.69) is 10.0 Å². The number of halogens is 1. The lowest BCUT2D eigenvalue weighted by Crippen LogP contribution is -2.49. The molecule has 0 radical (unpaired) electrons. The third-order valence-electron chi connectivity index (χ3n) is 3.37. The molecule has 0 aliphatic rings. The Hall–Kier alpha value is -2.19. The number of carbonyl (C=O) groups excluding carboxylic acids is 1. The fraction of sp³-hybridized carbons (Fsp3) is 0.312. The van der Waals surface area contributed by atoms with Crippen molar-refractivity contribution in [3.8, 4) is 0 Å². The van der Waals surface area contributed by atoms with Gasteiger partial charge in [-0.1, -0.05) is 13.8 Å². The van der Waals surface area contributed by atoms with Gasteiger partial charge in [0.25, 0.3) is 0 Å². The molecule has 0 saturated carbocycles. The second-order valence-electron chi connectivity index (χ2n) is 5.59. The second-order valence-corrected chi connectivity index (χ2v) is 7.31. The van der Waals surface area contributed by atoms with E-state index in [1.807, 2.05) is 0 Å². The molecular weight excluding hydrogens is 335 g/mol. The minimum atomic E-state index is -3.94. The van der Waals surface area contributed by atoms with E-state index in [1.54, 1.807) is 26.0 Å². The van der Waals surface area contributed by atoms with Gasteiger partial charge in [0.05, 0.1) is 17.7 Å². The van der Waals surface area contributed by atoms with Gasteiger partial charge in [-0.2, -0.15) is 4.72 Å². The first-order valence-corrected chi connectivity index (χ1v) is 8.86. The Morgan fingerprint density at radius 1 is 1.21 bits per heavy atom. The van der Waals surface area contributed by atoms with E-state index in [1.165, 1.54) is 6.26 Å². The van der Waals surface area contributed by atoms with Crippen molar-refractivity contribution in [2.45, 2.75) is 31.3 Å². The maximum Gasteiger partial charge on any atom is 0.241 e. The predicted octanol–water partition coefficient (Wildman–Crippen LogP) is 2.04. The first-order chi connectivity index (χ1) is 11.3. The van der Waals surface area contributed by atoms with Crippen molar-refractivity contribution < 1.29 is 22.0 Å². The Kier molecular flexibility index (Phi) is 5.74. The van der Waals surface area contributed by atoms with E-state index in [9.17, 15) is 17.6 Å². The van der Waals surface area contributed by atoms with Crippen LogP contribution >= 0.6 is 0 Å². The molecule has 24 heavy (non-hydrogen) atoms. The van der Waals surface area contributed by atoms with Crippen molar-refractivity contribution in [1.82, 2.24) is 10.0 Å². The Morgan fingerprint density at radius 3 is 2.42 bits per heavy atom. The quantitative estimate of drug-likeness (QED) is 0.796. The number of sulfonamides is 1. The largest absolute Gasteiger partial charge is 0.467 e. The maximum absolute atomic E-state index is 12.9. The summed E-state index contributed by atoms with van der Waals surface area (Å²) in [6, 6.07) is 6.83. The van der Waals surface area contributed by atoms with Crippen LogP contribution in [-0.2, 0) is 21.4 Å². The lowest BCUT2D eigenvalue weighted by Gasteiger charge is -2.21. The number of nitrogens with one attached hydrogen (secondary N) is 2. The minimum absolute atomic E-state index is 0.103. The van der Waals surface area contributed by atoms with Crippen molar-refractivity contribution in [3.05, 3.63) is 54.2 Å². The summed E-state index contributed by atoms with van der Waals surface area (Å²) in [5, 5.41) is 2.63. The smallest absolute Gasteiger partial charge is 0.241 e. The van der Waals surface area contributed by atoms with Gasteiger partial charge in [0.1, 0.15) is 17.6 Å². The van der Waals surface area contributed by atoms with Crippen LogP contribution in [-0.4, -0.2) is 20.4 Å². The standard InChI is InChI=1S/C16H19FN2O4S/c1-11(2)15(16(20)18-10-13-4-3-9-23-13)19-24(21,22)14-7-5-12(17)6-8-14/h3-9,11,15,19H,10H2,1-2H3,(H,18,20)/t15-/m1/s1. The van der Waals surface area contributed by atoms with Gasteiger partial charge in [0, 0.05) is 0 Å². The van der Waals surface area contributed by atoms with Gasteiger partial charge in [-0.25, -0.2) is 12.8 Å². The van der Waals surface area contributed by atoms with Gasteiger partial charge >= 0.3 is 0 Å². The van der Waals surface area contributed by atoms with Gasteiger partial charge in [-0.3, -0.25) is 4.79 Å². The molecule has 0 aliphatic heterocycles. The van der Waals surface area contributed by atoms with Crippen molar-refractivity contribution in [2.75, 3.05) is 0 Å². The molecule has 6 nitrogen and oxygen atoms in total. The fourth-order valence-electron chi connectivity index (χ4n) is 2.04. The van der Waals surface area contributed by atoms with Crippen LogP contribution < -0.4 is 10.0 Å². The van der Waals surface area contributed by atoms with E-state index >= 15 is 0 Å². The first-order valence-electron chi connectivity index (χ1n) is 7.37. The first kappa shape index (κ1) is 18.2. The number of amides is 1. The molecule has 0 saturated heterocycles. The molecule has 0 aliphatic carbocycles. The summed E-state index contributed by atoms with van der Waals surface area (Å²) in [4.78, 5) is 12.2. The maximum atomic E-state index is 12.9. The van der Waals surface area contributed by atoms with E-state index in [4.69, 9.17) is 4.42 Å². The summed E-state index contributed by atoms with van der Waals surface area (Å²) in [6.07, 6.45) is 1.48. The molecule has 0 fully saturated rings. The van der Waals surface area contributed by atoms with Gasteiger partial charge in [-0.05, 0) is 42.3 Å². The predicted molar refractivity (Wildman–Crippen MR) is 85.9 cm³/mol. The third kappa shape index (κ3) is 4.65. The monoisotopic (exact) mass is 354 g/mol. The summed E-state index contributed by atoms with van der Waals surface area (Å²) in [5.74, 6) is -0.721. The summed E-state index contributed by atoms with van der Waals surface area (Å²) in [7, 11) is -3.94. The van der Waals surface area contributed by atoms with E-state index in [-0.39, 0.29) is 17.4 Å². The number of furan rings is 1. The highest BCUT2D eigenvalue weighted by Gasteiger charge is 2.28. The molecule has 130 valence electrons. The number of hydrogen-bond acceptors (Lipinski definition) is 4. The minimum Gasteiger partial charge on any atom is -0.467 e. The van der Waals surface area contributed by atoms with Crippen LogP contribution in [0.15, 0.2) is 52.0 Å². The Balaban J connectivity index is 2.09. The molecule has 1 aromatic heterocycles. The highest BCUT2D eigenvalue weighted by molar-refractivity contribution is 7.89. The van der Waals surface area contributed by atoms with E-state index in [0.29, 0.717) is 5.76 Å². The summed E-state index contributed by atoms with van der Waals surface area (Å²) < 4.78 is 45.1. The van der Waals surface area contributed by atoms with Gasteiger partial charge in [0.15, 0.2) is 0 Å². The zero-order valence-corrected chi connectivity index (χ0v) is 14.1. The topological polar surface area (TPSA) is 88.4 Å². The average Bonchev–Trinajstić information content (AvgIpc) is 3.04. The third-order valence-corrected chi connectivity index (χ3v) is 4.83. The summed E-state index contributed by atoms with van der Waals surface area (Å²) in [6.45, 7) is 3.61. The average molecular weight is 354 g/mol. The molecule has 0 bridgehead atoms. The summed E-state index contributed by atoms with van der Waals surface area (Å²) >= 11 is 0. The molecule has 1 heterocycles. The van der Waals surface area contributed by atoms with E-state index < -0.39 is 27.8 Å². The van der Waals surface area contributed by atoms with Crippen LogP contribution in [0.1, 0.15) is 19.6 Å². The normalized spacial score (nSPS) is 13.0. The molecular formula is C16H19FN2O4S. The molecule has 2 N–H and O–H groups in total. The van der Waals surface area contributed by atoms with Crippen molar-refractivity contribution >= 4 is 15.9 Å². The lowest BCUT2D eigenvalue weighted by atomic mass is 10.1. The highest BCUT2D eigenvalue weighted by Crippen LogP contribution is 2.13. The fourth-order valence-corrected chi connectivity index (χ4v) is 3.38. The lowest BCUT2D eigenvalue weighted by molar-refractivity contribution is -0.123. The Labute approximate surface area is 140 Å². The molecule has 1 atom stereocenters. The molecule has 1 aromatic carbocycles. The van der Waals surface area contributed by atoms with Gasteiger partial charge in [-0.15, -0.1) is 0 Å². The number of rotatable bonds is 7. The number of benzene rings is 1. The van der Waals surface area contributed by atoms with Gasteiger partial charge < -0.3 is 9.73 Å².